The first-order chi connectivity index (χ1) is 7.02. The number of benzene rings is 1. The molecule has 4 heteroatoms. The molecule has 0 amide bonds. The molecule has 0 spiro atoms. The molecular weight excluding hydrogens is 200 g/mol. The van der Waals surface area contributed by atoms with E-state index in [1.165, 1.54) is 18.2 Å². The zero-order valence-corrected chi connectivity index (χ0v) is 8.63. The SMILES string of the molecule is CCC(O)(CN)Cc1c(F)cccc1F. The first-order valence-electron chi connectivity index (χ1n) is 4.88. The van der Waals surface area contributed by atoms with Crippen LogP contribution in [0.1, 0.15) is 18.9 Å². The monoisotopic (exact) mass is 215 g/mol. The lowest BCUT2D eigenvalue weighted by Gasteiger charge is -2.25. The van der Waals surface area contributed by atoms with Crippen molar-refractivity contribution in [3.8, 4) is 0 Å². The highest BCUT2D eigenvalue weighted by atomic mass is 19.1. The van der Waals surface area contributed by atoms with E-state index in [1.54, 1.807) is 6.92 Å². The van der Waals surface area contributed by atoms with E-state index in [1.807, 2.05) is 0 Å². The van der Waals surface area contributed by atoms with Crippen LogP contribution >= 0.6 is 0 Å². The number of halogens is 2. The van der Waals surface area contributed by atoms with Gasteiger partial charge in [0, 0.05) is 18.5 Å². The van der Waals surface area contributed by atoms with Crippen LogP contribution in [-0.4, -0.2) is 17.3 Å². The number of hydrogen-bond acceptors (Lipinski definition) is 2. The second-order valence-corrected chi connectivity index (χ2v) is 3.66. The predicted octanol–water partition coefficient (Wildman–Crippen LogP) is 1.61. The third-order valence-electron chi connectivity index (χ3n) is 2.61. The summed E-state index contributed by atoms with van der Waals surface area (Å²) in [6.07, 6.45) is 0.260. The Bertz CT molecular complexity index is 317. The minimum atomic E-state index is -1.23. The van der Waals surface area contributed by atoms with Crippen molar-refractivity contribution in [3.05, 3.63) is 35.4 Å². The highest BCUT2D eigenvalue weighted by molar-refractivity contribution is 5.21. The normalized spacial score (nSPS) is 15.0. The highest BCUT2D eigenvalue weighted by Crippen LogP contribution is 2.20. The van der Waals surface area contributed by atoms with Crippen LogP contribution in [0, 0.1) is 11.6 Å². The molecule has 1 unspecified atom stereocenters. The van der Waals surface area contributed by atoms with E-state index >= 15 is 0 Å². The van der Waals surface area contributed by atoms with Gasteiger partial charge in [-0.15, -0.1) is 0 Å². The van der Waals surface area contributed by atoms with Gasteiger partial charge in [0.05, 0.1) is 5.60 Å². The molecule has 0 fully saturated rings. The van der Waals surface area contributed by atoms with E-state index in [-0.39, 0.29) is 18.5 Å². The van der Waals surface area contributed by atoms with Crippen molar-refractivity contribution in [1.82, 2.24) is 0 Å². The van der Waals surface area contributed by atoms with Crippen molar-refractivity contribution in [1.29, 1.82) is 0 Å². The Labute approximate surface area is 87.7 Å². The Hall–Kier alpha value is -1.00. The molecule has 0 aliphatic heterocycles. The lowest BCUT2D eigenvalue weighted by Crippen LogP contribution is -2.39. The molecule has 0 bridgehead atoms. The fourth-order valence-corrected chi connectivity index (χ4v) is 1.37. The van der Waals surface area contributed by atoms with Crippen LogP contribution in [-0.2, 0) is 6.42 Å². The fraction of sp³-hybridized carbons (Fsp3) is 0.455. The summed E-state index contributed by atoms with van der Waals surface area (Å²) in [6.45, 7) is 1.71. The van der Waals surface area contributed by atoms with Gasteiger partial charge in [0.2, 0.25) is 0 Å². The first kappa shape index (κ1) is 12.1. The van der Waals surface area contributed by atoms with Crippen LogP contribution < -0.4 is 5.73 Å². The lowest BCUT2D eigenvalue weighted by molar-refractivity contribution is 0.0438. The average molecular weight is 215 g/mol. The van der Waals surface area contributed by atoms with Crippen molar-refractivity contribution < 1.29 is 13.9 Å². The zero-order chi connectivity index (χ0) is 11.5. The van der Waals surface area contributed by atoms with E-state index in [9.17, 15) is 13.9 Å². The summed E-state index contributed by atoms with van der Waals surface area (Å²) in [7, 11) is 0. The molecule has 0 aliphatic carbocycles. The number of rotatable bonds is 4. The molecule has 3 N–H and O–H groups in total. The molecule has 0 saturated carbocycles. The largest absolute Gasteiger partial charge is 0.388 e. The summed E-state index contributed by atoms with van der Waals surface area (Å²) in [5, 5.41) is 9.87. The maximum atomic E-state index is 13.3. The van der Waals surface area contributed by atoms with Gasteiger partial charge in [-0.25, -0.2) is 8.78 Å². The summed E-state index contributed by atoms with van der Waals surface area (Å²) in [5.74, 6) is -1.29. The van der Waals surface area contributed by atoms with Crippen LogP contribution in [0.5, 0.6) is 0 Å². The standard InChI is InChI=1S/C11H15F2NO/c1-2-11(15,7-14)6-8-9(12)4-3-5-10(8)13/h3-5,15H,2,6-7,14H2,1H3. The molecule has 15 heavy (non-hydrogen) atoms. The van der Waals surface area contributed by atoms with Gasteiger partial charge in [0.15, 0.2) is 0 Å². The van der Waals surface area contributed by atoms with E-state index in [0.717, 1.165) is 0 Å². The maximum absolute atomic E-state index is 13.3. The van der Waals surface area contributed by atoms with E-state index in [0.29, 0.717) is 6.42 Å². The van der Waals surface area contributed by atoms with Gasteiger partial charge >= 0.3 is 0 Å². The number of hydrogen-bond donors (Lipinski definition) is 2. The van der Waals surface area contributed by atoms with Gasteiger partial charge in [-0.3, -0.25) is 0 Å². The molecular formula is C11H15F2NO. The summed E-state index contributed by atoms with van der Waals surface area (Å²) in [6, 6.07) is 3.64. The highest BCUT2D eigenvalue weighted by Gasteiger charge is 2.26. The summed E-state index contributed by atoms with van der Waals surface area (Å²) in [5.41, 5.74) is 4.03. The number of nitrogens with two attached hydrogens (primary N) is 1. The molecule has 0 aromatic heterocycles. The van der Waals surface area contributed by atoms with Crippen LogP contribution in [0.3, 0.4) is 0 Å². The van der Waals surface area contributed by atoms with Gasteiger partial charge in [0.25, 0.3) is 0 Å². The molecule has 0 saturated heterocycles. The summed E-state index contributed by atoms with van der Waals surface area (Å²) in [4.78, 5) is 0. The fourth-order valence-electron chi connectivity index (χ4n) is 1.37. The Morgan fingerprint density at radius 3 is 2.27 bits per heavy atom. The van der Waals surface area contributed by atoms with Crippen LogP contribution in [0.25, 0.3) is 0 Å². The third-order valence-corrected chi connectivity index (χ3v) is 2.61. The first-order valence-corrected chi connectivity index (χ1v) is 4.88. The smallest absolute Gasteiger partial charge is 0.129 e. The van der Waals surface area contributed by atoms with Gasteiger partial charge in [0.1, 0.15) is 11.6 Å². The zero-order valence-electron chi connectivity index (χ0n) is 8.63. The van der Waals surface area contributed by atoms with Gasteiger partial charge in [-0.1, -0.05) is 13.0 Å². The topological polar surface area (TPSA) is 46.2 Å². The molecule has 0 aliphatic rings. The third kappa shape index (κ3) is 2.73. The average Bonchev–Trinajstić information content (AvgIpc) is 2.23. The molecule has 0 radical (unpaired) electrons. The minimum Gasteiger partial charge on any atom is -0.388 e. The Morgan fingerprint density at radius 1 is 1.33 bits per heavy atom. The molecule has 1 rings (SSSR count). The second-order valence-electron chi connectivity index (χ2n) is 3.66. The van der Waals surface area contributed by atoms with Crippen LogP contribution in [0.2, 0.25) is 0 Å². The Kier molecular flexibility index (Phi) is 3.77. The van der Waals surface area contributed by atoms with Gasteiger partial charge < -0.3 is 10.8 Å². The van der Waals surface area contributed by atoms with Crippen LogP contribution in [0.4, 0.5) is 8.78 Å². The van der Waals surface area contributed by atoms with Gasteiger partial charge in [-0.2, -0.15) is 0 Å². The number of aliphatic hydroxyl groups is 1. The quantitative estimate of drug-likeness (QED) is 0.801. The van der Waals surface area contributed by atoms with E-state index in [4.69, 9.17) is 5.73 Å². The Balaban J connectivity index is 2.98. The van der Waals surface area contributed by atoms with E-state index < -0.39 is 17.2 Å². The molecule has 2 nitrogen and oxygen atoms in total. The minimum absolute atomic E-state index is 0.0166. The second kappa shape index (κ2) is 4.68. The molecule has 0 heterocycles. The molecule has 84 valence electrons. The maximum Gasteiger partial charge on any atom is 0.129 e. The predicted molar refractivity (Wildman–Crippen MR) is 54.4 cm³/mol. The van der Waals surface area contributed by atoms with Crippen molar-refractivity contribution >= 4 is 0 Å². The van der Waals surface area contributed by atoms with Crippen molar-refractivity contribution in [3.63, 3.8) is 0 Å². The van der Waals surface area contributed by atoms with Crippen molar-refractivity contribution in [2.24, 2.45) is 5.73 Å². The molecule has 1 atom stereocenters. The van der Waals surface area contributed by atoms with Crippen molar-refractivity contribution in [2.75, 3.05) is 6.54 Å². The summed E-state index contributed by atoms with van der Waals surface area (Å²) < 4.78 is 26.5. The summed E-state index contributed by atoms with van der Waals surface area (Å²) >= 11 is 0. The van der Waals surface area contributed by atoms with Crippen LogP contribution in [0.15, 0.2) is 18.2 Å². The molecule has 1 aromatic rings. The van der Waals surface area contributed by atoms with Gasteiger partial charge in [-0.05, 0) is 18.6 Å². The molecule has 1 aromatic carbocycles. The lowest BCUT2D eigenvalue weighted by atomic mass is 9.91. The van der Waals surface area contributed by atoms with E-state index in [2.05, 4.69) is 0 Å². The van der Waals surface area contributed by atoms with Crippen molar-refractivity contribution in [2.45, 2.75) is 25.4 Å². The Morgan fingerprint density at radius 2 is 1.87 bits per heavy atom.